The molecule has 1 saturated heterocycles. The molecule has 2 aromatic heterocycles. The highest BCUT2D eigenvalue weighted by Gasteiger charge is 2.22. The fraction of sp³-hybridized carbons (Fsp3) is 0.316. The minimum Gasteiger partial charge on any atom is -0.497 e. The van der Waals surface area contributed by atoms with Gasteiger partial charge in [0.25, 0.3) is 0 Å². The number of nitrogens with one attached hydrogen (secondary N) is 1. The Kier molecular flexibility index (Phi) is 5.15. The van der Waals surface area contributed by atoms with E-state index < -0.39 is 0 Å². The fourth-order valence-electron chi connectivity index (χ4n) is 3.13. The van der Waals surface area contributed by atoms with Gasteiger partial charge in [-0.2, -0.15) is 0 Å². The predicted octanol–water partition coefficient (Wildman–Crippen LogP) is 2.41. The number of thioether (sulfide) groups is 1. The number of H-pyrrole nitrogens is 1. The van der Waals surface area contributed by atoms with Gasteiger partial charge in [-0.15, -0.1) is 0 Å². The second-order valence-electron chi connectivity index (χ2n) is 6.27. The minimum atomic E-state index is 0.138. The minimum absolute atomic E-state index is 0.138. The molecule has 0 bridgehead atoms. The Balaban J connectivity index is 1.30. The lowest BCUT2D eigenvalue weighted by molar-refractivity contribution is -0.128. The quantitative estimate of drug-likeness (QED) is 0.682. The van der Waals surface area contributed by atoms with Gasteiger partial charge in [-0.05, 0) is 24.3 Å². The molecular formula is C19H21N5O2S. The first-order valence-electron chi connectivity index (χ1n) is 8.83. The highest BCUT2D eigenvalue weighted by atomic mass is 32.2. The van der Waals surface area contributed by atoms with Crippen molar-refractivity contribution < 1.29 is 9.53 Å². The Morgan fingerprint density at radius 1 is 1.22 bits per heavy atom. The van der Waals surface area contributed by atoms with Crippen molar-refractivity contribution in [1.82, 2.24) is 19.9 Å². The summed E-state index contributed by atoms with van der Waals surface area (Å²) in [6, 6.07) is 11.8. The average molecular weight is 383 g/mol. The van der Waals surface area contributed by atoms with Gasteiger partial charge in [0.15, 0.2) is 10.8 Å². The van der Waals surface area contributed by atoms with E-state index in [1.165, 1.54) is 11.8 Å². The van der Waals surface area contributed by atoms with Crippen LogP contribution in [-0.2, 0) is 4.79 Å². The summed E-state index contributed by atoms with van der Waals surface area (Å²) in [5.41, 5.74) is 2.70. The van der Waals surface area contributed by atoms with Crippen LogP contribution in [0.3, 0.4) is 0 Å². The predicted molar refractivity (Wildman–Crippen MR) is 106 cm³/mol. The third-order valence-electron chi connectivity index (χ3n) is 4.62. The number of imidazole rings is 1. The smallest absolute Gasteiger partial charge is 0.233 e. The van der Waals surface area contributed by atoms with Gasteiger partial charge >= 0.3 is 0 Å². The standard InChI is InChI=1S/C19H21N5O2S/c1-26-15-5-2-4-14(12-15)23-8-10-24(11-9-23)17(25)13-27-19-21-16-6-3-7-20-18(16)22-19/h2-7,12H,8-11,13H2,1H3,(H,20,21,22). The summed E-state index contributed by atoms with van der Waals surface area (Å²) >= 11 is 1.42. The summed E-state index contributed by atoms with van der Waals surface area (Å²) in [5.74, 6) is 1.36. The van der Waals surface area contributed by atoms with Crippen LogP contribution < -0.4 is 9.64 Å². The zero-order valence-corrected chi connectivity index (χ0v) is 15.9. The Bertz CT molecular complexity index is 904. The van der Waals surface area contributed by atoms with Gasteiger partial charge in [0.1, 0.15) is 5.75 Å². The first kappa shape index (κ1) is 17.7. The summed E-state index contributed by atoms with van der Waals surface area (Å²) in [4.78, 5) is 28.5. The van der Waals surface area contributed by atoms with Gasteiger partial charge in [-0.1, -0.05) is 17.8 Å². The molecule has 140 valence electrons. The number of fused-ring (bicyclic) bond motifs is 1. The van der Waals surface area contributed by atoms with E-state index in [2.05, 4.69) is 25.9 Å². The van der Waals surface area contributed by atoms with Gasteiger partial charge in [-0.25, -0.2) is 9.97 Å². The van der Waals surface area contributed by atoms with E-state index in [1.54, 1.807) is 13.3 Å². The number of pyridine rings is 1. The molecule has 0 spiro atoms. The molecule has 1 aromatic carbocycles. The number of piperazine rings is 1. The van der Waals surface area contributed by atoms with E-state index in [4.69, 9.17) is 4.74 Å². The normalized spacial score (nSPS) is 14.6. The average Bonchev–Trinajstić information content (AvgIpc) is 3.15. The SMILES string of the molecule is COc1cccc(N2CCN(C(=O)CSc3nc4ncccc4[nH]3)CC2)c1. The molecule has 7 nitrogen and oxygen atoms in total. The number of carbonyl (C=O) groups is 1. The molecule has 1 N–H and O–H groups in total. The zero-order chi connectivity index (χ0) is 18.6. The van der Waals surface area contributed by atoms with E-state index in [-0.39, 0.29) is 5.91 Å². The highest BCUT2D eigenvalue weighted by Crippen LogP contribution is 2.23. The number of rotatable bonds is 5. The first-order chi connectivity index (χ1) is 13.2. The van der Waals surface area contributed by atoms with Crippen LogP contribution in [0.2, 0.25) is 0 Å². The number of hydrogen-bond donors (Lipinski definition) is 1. The first-order valence-corrected chi connectivity index (χ1v) is 9.82. The van der Waals surface area contributed by atoms with Gasteiger partial charge in [-0.3, -0.25) is 4.79 Å². The molecule has 0 unspecified atom stereocenters. The van der Waals surface area contributed by atoms with E-state index in [0.29, 0.717) is 11.4 Å². The molecule has 1 amide bonds. The Labute approximate surface area is 161 Å². The number of aromatic amines is 1. The molecule has 1 fully saturated rings. The van der Waals surface area contributed by atoms with Gasteiger partial charge in [0.05, 0.1) is 18.4 Å². The number of amides is 1. The van der Waals surface area contributed by atoms with Crippen LogP contribution in [0.5, 0.6) is 5.75 Å². The lowest BCUT2D eigenvalue weighted by atomic mass is 10.2. The van der Waals surface area contributed by atoms with Crippen molar-refractivity contribution in [2.75, 3.05) is 43.9 Å². The molecule has 0 atom stereocenters. The largest absolute Gasteiger partial charge is 0.497 e. The molecule has 0 aliphatic carbocycles. The third-order valence-corrected chi connectivity index (χ3v) is 5.48. The van der Waals surface area contributed by atoms with Crippen LogP contribution >= 0.6 is 11.8 Å². The van der Waals surface area contributed by atoms with Gasteiger partial charge < -0.3 is 19.5 Å². The summed E-state index contributed by atoms with van der Waals surface area (Å²) < 4.78 is 5.29. The van der Waals surface area contributed by atoms with E-state index in [1.807, 2.05) is 35.2 Å². The van der Waals surface area contributed by atoms with Crippen molar-refractivity contribution in [3.63, 3.8) is 0 Å². The van der Waals surface area contributed by atoms with Gasteiger partial charge in [0, 0.05) is 44.1 Å². The summed E-state index contributed by atoms with van der Waals surface area (Å²) in [5, 5.41) is 0.729. The van der Waals surface area contributed by atoms with Crippen molar-refractivity contribution in [3.8, 4) is 5.75 Å². The van der Waals surface area contributed by atoms with Crippen LogP contribution in [0.25, 0.3) is 11.2 Å². The number of carbonyl (C=O) groups excluding carboxylic acids is 1. The molecule has 27 heavy (non-hydrogen) atoms. The maximum atomic E-state index is 12.5. The second-order valence-corrected chi connectivity index (χ2v) is 7.24. The van der Waals surface area contributed by atoms with Crippen LogP contribution in [0.15, 0.2) is 47.8 Å². The number of aromatic nitrogens is 3. The zero-order valence-electron chi connectivity index (χ0n) is 15.1. The fourth-order valence-corrected chi connectivity index (χ4v) is 3.91. The third kappa shape index (κ3) is 4.00. The molecule has 8 heteroatoms. The molecular weight excluding hydrogens is 362 g/mol. The topological polar surface area (TPSA) is 74.3 Å². The lowest BCUT2D eigenvalue weighted by Gasteiger charge is -2.36. The van der Waals surface area contributed by atoms with E-state index >= 15 is 0 Å². The molecule has 1 aliphatic rings. The molecule has 0 saturated carbocycles. The number of benzene rings is 1. The van der Waals surface area contributed by atoms with Crippen molar-refractivity contribution in [2.24, 2.45) is 0 Å². The molecule has 3 aromatic rings. The van der Waals surface area contributed by atoms with Crippen molar-refractivity contribution >= 4 is 34.5 Å². The van der Waals surface area contributed by atoms with Crippen molar-refractivity contribution in [2.45, 2.75) is 5.16 Å². The second kappa shape index (κ2) is 7.87. The monoisotopic (exact) mass is 383 g/mol. The molecule has 1 aliphatic heterocycles. The van der Waals surface area contributed by atoms with Crippen LogP contribution in [0.4, 0.5) is 5.69 Å². The maximum absolute atomic E-state index is 12.5. The van der Waals surface area contributed by atoms with Crippen LogP contribution in [-0.4, -0.2) is 64.8 Å². The lowest BCUT2D eigenvalue weighted by Crippen LogP contribution is -2.49. The van der Waals surface area contributed by atoms with E-state index in [0.717, 1.165) is 48.3 Å². The number of methoxy groups -OCH3 is 1. The van der Waals surface area contributed by atoms with Crippen molar-refractivity contribution in [1.29, 1.82) is 0 Å². The Morgan fingerprint density at radius 3 is 2.85 bits per heavy atom. The maximum Gasteiger partial charge on any atom is 0.233 e. The summed E-state index contributed by atoms with van der Waals surface area (Å²) in [6.45, 7) is 3.08. The van der Waals surface area contributed by atoms with E-state index in [9.17, 15) is 4.79 Å². The van der Waals surface area contributed by atoms with Crippen LogP contribution in [0, 0.1) is 0 Å². The highest BCUT2D eigenvalue weighted by molar-refractivity contribution is 7.99. The Hall–Kier alpha value is -2.74. The summed E-state index contributed by atoms with van der Waals surface area (Å²) in [6.07, 6.45) is 1.71. The number of ether oxygens (including phenoxy) is 1. The van der Waals surface area contributed by atoms with Gasteiger partial charge in [0.2, 0.25) is 5.91 Å². The molecule has 4 rings (SSSR count). The number of hydrogen-bond acceptors (Lipinski definition) is 6. The molecule has 0 radical (unpaired) electrons. The summed E-state index contributed by atoms with van der Waals surface area (Å²) in [7, 11) is 1.67. The van der Waals surface area contributed by atoms with Crippen molar-refractivity contribution in [3.05, 3.63) is 42.6 Å². The van der Waals surface area contributed by atoms with Crippen LogP contribution in [0.1, 0.15) is 0 Å². The number of nitrogens with zero attached hydrogens (tertiary/aromatic N) is 4. The Morgan fingerprint density at radius 2 is 2.07 bits per heavy atom. The number of anilines is 1. The molecule has 3 heterocycles.